The third-order valence-electron chi connectivity index (χ3n) is 0.909. The van der Waals surface area contributed by atoms with E-state index < -0.39 is 0 Å². The molecule has 0 fully saturated rings. The van der Waals surface area contributed by atoms with Gasteiger partial charge in [0.25, 0.3) is 0 Å². The lowest BCUT2D eigenvalue weighted by atomic mass is 10.3. The first-order valence-electron chi connectivity index (χ1n) is 2.50. The second kappa shape index (κ2) is 2.91. The van der Waals surface area contributed by atoms with Crippen LogP contribution in [-0.4, -0.2) is 0 Å². The lowest BCUT2D eigenvalue weighted by molar-refractivity contribution is 0.493. The van der Waals surface area contributed by atoms with Crippen molar-refractivity contribution in [3.05, 3.63) is 30.3 Å². The van der Waals surface area contributed by atoms with E-state index in [1.54, 1.807) is 24.3 Å². The summed E-state index contributed by atoms with van der Waals surface area (Å²) in [5.74, 6) is 0. The first-order valence-corrected chi connectivity index (χ1v) is 2.50. The van der Waals surface area contributed by atoms with Crippen LogP contribution in [-0.2, 0) is 0 Å². The molecule has 0 saturated heterocycles. The predicted molar refractivity (Wildman–Crippen MR) is 32.1 cm³/mol. The number of halogens is 1. The third-order valence-corrected chi connectivity index (χ3v) is 0.909. The Bertz CT molecular complexity index is 195. The van der Waals surface area contributed by atoms with Crippen molar-refractivity contribution in [2.75, 3.05) is 0 Å². The van der Waals surface area contributed by atoms with Crippen LogP contribution >= 0.6 is 0 Å². The van der Waals surface area contributed by atoms with Crippen LogP contribution in [0.2, 0.25) is 0 Å². The fourth-order valence-electron chi connectivity index (χ4n) is 0.538. The standard InChI is InChI=1S/C6H5FN2/c7-9-8-6-4-2-1-3-5-6/h1-5H. The molecule has 0 unspecified atom stereocenters. The van der Waals surface area contributed by atoms with E-state index in [0.29, 0.717) is 5.69 Å². The molecule has 3 heteroatoms. The zero-order valence-electron chi connectivity index (χ0n) is 4.66. The van der Waals surface area contributed by atoms with E-state index in [-0.39, 0.29) is 0 Å². The van der Waals surface area contributed by atoms with Gasteiger partial charge in [0.2, 0.25) is 0 Å². The molecule has 46 valence electrons. The quantitative estimate of drug-likeness (QED) is 0.514. The maximum atomic E-state index is 11.1. The fraction of sp³-hybridized carbons (Fsp3) is 0. The zero-order chi connectivity index (χ0) is 6.53. The molecule has 9 heavy (non-hydrogen) atoms. The van der Waals surface area contributed by atoms with Gasteiger partial charge in [0.05, 0.1) is 5.69 Å². The van der Waals surface area contributed by atoms with Crippen LogP contribution in [0.5, 0.6) is 0 Å². The lowest BCUT2D eigenvalue weighted by Gasteiger charge is -1.83. The molecule has 0 aliphatic heterocycles. The summed E-state index contributed by atoms with van der Waals surface area (Å²) in [6.07, 6.45) is 0. The molecule has 0 aromatic heterocycles. The Hall–Kier alpha value is -1.25. The van der Waals surface area contributed by atoms with Crippen molar-refractivity contribution >= 4 is 5.69 Å². The largest absolute Gasteiger partial charge is 0.122 e. The maximum Gasteiger partial charge on any atom is 0.0882 e. The van der Waals surface area contributed by atoms with Gasteiger partial charge in [-0.25, -0.2) is 0 Å². The van der Waals surface area contributed by atoms with Crippen molar-refractivity contribution in [3.63, 3.8) is 0 Å². The van der Waals surface area contributed by atoms with Crippen LogP contribution in [0, 0.1) is 0 Å². The van der Waals surface area contributed by atoms with E-state index >= 15 is 0 Å². The average Bonchev–Trinajstić information content (AvgIpc) is 1.91. The highest BCUT2D eigenvalue weighted by molar-refractivity contribution is 5.34. The number of hydrogen-bond donors (Lipinski definition) is 0. The van der Waals surface area contributed by atoms with E-state index in [2.05, 4.69) is 10.5 Å². The number of rotatable bonds is 1. The van der Waals surface area contributed by atoms with Gasteiger partial charge in [-0.3, -0.25) is 0 Å². The molecular weight excluding hydrogens is 119 g/mol. The van der Waals surface area contributed by atoms with Crippen molar-refractivity contribution in [2.45, 2.75) is 0 Å². The first-order chi connectivity index (χ1) is 4.43. The SMILES string of the molecule is FN=Nc1ccccc1. The highest BCUT2D eigenvalue weighted by Gasteiger charge is 1.81. The fourth-order valence-corrected chi connectivity index (χ4v) is 0.538. The second-order valence-electron chi connectivity index (χ2n) is 1.51. The van der Waals surface area contributed by atoms with E-state index in [1.165, 1.54) is 0 Å². The lowest BCUT2D eigenvalue weighted by Crippen LogP contribution is -1.57. The summed E-state index contributed by atoms with van der Waals surface area (Å²) in [6, 6.07) is 8.71. The highest BCUT2D eigenvalue weighted by atomic mass is 19.2. The Morgan fingerprint density at radius 1 is 1.11 bits per heavy atom. The van der Waals surface area contributed by atoms with Crippen LogP contribution in [0.4, 0.5) is 10.2 Å². The molecular formula is C6H5FN2. The Labute approximate surface area is 52.0 Å². The van der Waals surface area contributed by atoms with E-state index in [9.17, 15) is 4.48 Å². The minimum atomic E-state index is 0.528. The van der Waals surface area contributed by atoms with Gasteiger partial charge in [0.15, 0.2) is 0 Å². The molecule has 0 aliphatic rings. The van der Waals surface area contributed by atoms with Crippen LogP contribution in [0.1, 0.15) is 0 Å². The summed E-state index contributed by atoms with van der Waals surface area (Å²) in [5, 5.41) is 5.30. The average molecular weight is 124 g/mol. The van der Waals surface area contributed by atoms with Crippen LogP contribution in [0.15, 0.2) is 40.8 Å². The summed E-state index contributed by atoms with van der Waals surface area (Å²) in [6.45, 7) is 0. The van der Waals surface area contributed by atoms with Crippen LogP contribution in [0.3, 0.4) is 0 Å². The third kappa shape index (κ3) is 1.60. The van der Waals surface area contributed by atoms with E-state index in [0.717, 1.165) is 0 Å². The molecule has 0 heterocycles. The maximum absolute atomic E-state index is 11.1. The normalized spacial score (nSPS) is 10.3. The zero-order valence-corrected chi connectivity index (χ0v) is 4.66. The molecule has 0 aliphatic carbocycles. The van der Waals surface area contributed by atoms with Gasteiger partial charge in [-0.2, -0.15) is 0 Å². The van der Waals surface area contributed by atoms with Gasteiger partial charge < -0.3 is 0 Å². The molecule has 0 atom stereocenters. The minimum Gasteiger partial charge on any atom is -0.122 e. The van der Waals surface area contributed by atoms with Crippen LogP contribution < -0.4 is 0 Å². The molecule has 0 amide bonds. The first kappa shape index (κ1) is 5.88. The smallest absolute Gasteiger partial charge is 0.0882 e. The van der Waals surface area contributed by atoms with Crippen molar-refractivity contribution in [3.8, 4) is 0 Å². The van der Waals surface area contributed by atoms with Crippen molar-refractivity contribution in [1.82, 2.24) is 0 Å². The summed E-state index contributed by atoms with van der Waals surface area (Å²) < 4.78 is 11.1. The topological polar surface area (TPSA) is 24.7 Å². The molecule has 0 bridgehead atoms. The Morgan fingerprint density at radius 2 is 1.78 bits per heavy atom. The number of nitrogens with zero attached hydrogens (tertiary/aromatic N) is 2. The van der Waals surface area contributed by atoms with Gasteiger partial charge in [0, 0.05) is 5.34 Å². The Balaban J connectivity index is 2.85. The number of benzene rings is 1. The molecule has 1 aromatic rings. The van der Waals surface area contributed by atoms with E-state index in [4.69, 9.17) is 0 Å². The predicted octanol–water partition coefficient (Wildman–Crippen LogP) is 2.65. The number of hydrogen-bond acceptors (Lipinski definition) is 2. The Morgan fingerprint density at radius 3 is 2.33 bits per heavy atom. The second-order valence-corrected chi connectivity index (χ2v) is 1.51. The Kier molecular flexibility index (Phi) is 1.90. The molecule has 1 rings (SSSR count). The minimum absolute atomic E-state index is 0.528. The van der Waals surface area contributed by atoms with Gasteiger partial charge in [-0.05, 0) is 12.1 Å². The molecule has 2 nitrogen and oxygen atoms in total. The monoisotopic (exact) mass is 124 g/mol. The highest BCUT2D eigenvalue weighted by Crippen LogP contribution is 2.09. The van der Waals surface area contributed by atoms with Gasteiger partial charge in [-0.1, -0.05) is 22.7 Å². The molecule has 0 spiro atoms. The van der Waals surface area contributed by atoms with Crippen molar-refractivity contribution < 1.29 is 4.48 Å². The molecule has 1 aromatic carbocycles. The molecule has 0 saturated carbocycles. The summed E-state index contributed by atoms with van der Waals surface area (Å²) in [4.78, 5) is 0. The molecule has 0 radical (unpaired) electrons. The van der Waals surface area contributed by atoms with Crippen molar-refractivity contribution in [2.24, 2.45) is 10.5 Å². The van der Waals surface area contributed by atoms with Crippen LogP contribution in [0.25, 0.3) is 0 Å². The summed E-state index contributed by atoms with van der Waals surface area (Å²) in [5.41, 5.74) is 0.528. The van der Waals surface area contributed by atoms with Crippen molar-refractivity contribution in [1.29, 1.82) is 0 Å². The van der Waals surface area contributed by atoms with Gasteiger partial charge >= 0.3 is 0 Å². The molecule has 0 N–H and O–H groups in total. The summed E-state index contributed by atoms with van der Waals surface area (Å²) >= 11 is 0. The van der Waals surface area contributed by atoms with Gasteiger partial charge in [-0.15, -0.1) is 5.11 Å². The van der Waals surface area contributed by atoms with Gasteiger partial charge in [0.1, 0.15) is 0 Å². The van der Waals surface area contributed by atoms with E-state index in [1.807, 2.05) is 6.07 Å². The summed E-state index contributed by atoms with van der Waals surface area (Å²) in [7, 11) is 0.